The number of aromatic nitrogens is 1. The Hall–Kier alpha value is -1.46. The van der Waals surface area contributed by atoms with Crippen molar-refractivity contribution >= 4 is 52.0 Å². The molecular formula is C25H29Br2FeN3. The number of nitrogens with zero attached hydrogens (tertiary/aromatic N) is 3. The van der Waals surface area contributed by atoms with E-state index >= 15 is 0 Å². The first-order valence-electron chi connectivity index (χ1n) is 9.92. The van der Waals surface area contributed by atoms with Gasteiger partial charge in [-0.2, -0.15) is 0 Å². The van der Waals surface area contributed by atoms with E-state index in [9.17, 15) is 0 Å². The zero-order valence-corrected chi connectivity index (χ0v) is 23.3. The van der Waals surface area contributed by atoms with Gasteiger partial charge in [0.2, 0.25) is 0 Å². The van der Waals surface area contributed by atoms with Crippen LogP contribution in [0.1, 0.15) is 44.8 Å². The second-order valence-corrected chi connectivity index (χ2v) is 13.4. The van der Waals surface area contributed by atoms with Crippen molar-refractivity contribution < 1.29 is 11.3 Å². The Kier molecular flexibility index (Phi) is 9.95. The normalized spacial score (nSPS) is 11.4. The molecule has 0 spiro atoms. The van der Waals surface area contributed by atoms with E-state index in [1.165, 1.54) is 33.4 Å². The minimum atomic E-state index is 0.875. The van der Waals surface area contributed by atoms with Gasteiger partial charge < -0.3 is 4.57 Å². The molecule has 31 heavy (non-hydrogen) atoms. The Labute approximate surface area is 206 Å². The molecule has 2 aromatic carbocycles. The van der Waals surface area contributed by atoms with E-state index in [1.54, 1.807) is 0 Å². The van der Waals surface area contributed by atoms with Crippen LogP contribution in [0.4, 0.5) is 11.4 Å². The van der Waals surface area contributed by atoms with Gasteiger partial charge in [0.15, 0.2) is 0 Å². The van der Waals surface area contributed by atoms with Gasteiger partial charge >= 0.3 is 39.6 Å². The van der Waals surface area contributed by atoms with Crippen LogP contribution in [0.5, 0.6) is 0 Å². The third-order valence-electron chi connectivity index (χ3n) is 5.12. The predicted octanol–water partition coefficient (Wildman–Crippen LogP) is 8.07. The molecule has 0 aliphatic rings. The van der Waals surface area contributed by atoms with Crippen LogP contribution in [0.15, 0.2) is 46.4 Å². The molecular weight excluding hydrogens is 558 g/mol. The van der Waals surface area contributed by atoms with Gasteiger partial charge in [-0.3, -0.25) is 9.98 Å². The van der Waals surface area contributed by atoms with Gasteiger partial charge in [0, 0.05) is 7.05 Å². The first-order chi connectivity index (χ1) is 14.7. The molecule has 3 aromatic rings. The fraction of sp³-hybridized carbons (Fsp3) is 0.280. The number of benzene rings is 2. The summed E-state index contributed by atoms with van der Waals surface area (Å²) in [5, 5.41) is 0. The number of hydrogen-bond donors (Lipinski definition) is 0. The average molecular weight is 587 g/mol. The van der Waals surface area contributed by atoms with E-state index in [2.05, 4.69) is 111 Å². The average Bonchev–Trinajstić information content (AvgIpc) is 3.00. The van der Waals surface area contributed by atoms with Crippen LogP contribution in [0.3, 0.4) is 0 Å². The monoisotopic (exact) mass is 585 g/mol. The molecule has 0 N–H and O–H groups in total. The Morgan fingerprint density at radius 1 is 0.677 bits per heavy atom. The van der Waals surface area contributed by atoms with E-state index in [1.807, 2.05) is 19.5 Å². The van der Waals surface area contributed by atoms with E-state index in [4.69, 9.17) is 9.98 Å². The van der Waals surface area contributed by atoms with Crippen LogP contribution in [0, 0.1) is 41.5 Å². The number of hydrogen-bond acceptors (Lipinski definition) is 2. The van der Waals surface area contributed by atoms with Crippen LogP contribution < -0.4 is 0 Å². The predicted molar refractivity (Wildman–Crippen MR) is 139 cm³/mol. The molecule has 0 saturated heterocycles. The quantitative estimate of drug-likeness (QED) is 0.219. The van der Waals surface area contributed by atoms with Gasteiger partial charge in [-0.1, -0.05) is 35.4 Å². The zero-order valence-electron chi connectivity index (χ0n) is 19.1. The molecule has 0 aliphatic carbocycles. The van der Waals surface area contributed by atoms with Crippen molar-refractivity contribution in [3.63, 3.8) is 0 Å². The second-order valence-electron chi connectivity index (χ2n) is 7.80. The number of aliphatic imine (C=N–C) groups is 2. The standard InChI is InChI=1S/C25H29N3.2BrH.Fe/c1-16-10-18(3)24(19(4)11-16)26-14-22-8-9-23(28(22)7)15-27-25-20(5)12-17(2)13-21(25)6;;;/h8-15H,1-7H3;2*1H;/q;;;+2/p-2. The second kappa shape index (κ2) is 12.0. The molecule has 0 unspecified atom stereocenters. The van der Waals surface area contributed by atoms with Gasteiger partial charge in [0.05, 0.1) is 35.2 Å². The molecule has 1 aromatic heterocycles. The Morgan fingerprint density at radius 2 is 0.968 bits per heavy atom. The van der Waals surface area contributed by atoms with E-state index < -0.39 is 0 Å². The SMILES string of the molecule is Cc1cc(C)c(N=Cc2ccc(C=Nc3c(C)cc(C)cc3C)n2C)c(C)c1.[Br][Fe][Br]. The van der Waals surface area contributed by atoms with E-state index in [-0.39, 0.29) is 0 Å². The third kappa shape index (κ3) is 7.01. The van der Waals surface area contributed by atoms with Crippen molar-refractivity contribution in [2.24, 2.45) is 17.0 Å². The first kappa shape index (κ1) is 25.8. The first-order valence-corrected chi connectivity index (χ1v) is 15.4. The molecule has 6 heteroatoms. The summed E-state index contributed by atoms with van der Waals surface area (Å²) in [4.78, 5) is 9.51. The van der Waals surface area contributed by atoms with Crippen molar-refractivity contribution in [2.45, 2.75) is 41.5 Å². The molecule has 0 fully saturated rings. The summed E-state index contributed by atoms with van der Waals surface area (Å²) in [6, 6.07) is 12.9. The maximum atomic E-state index is 4.76. The molecule has 3 nitrogen and oxygen atoms in total. The van der Waals surface area contributed by atoms with Gasteiger partial charge in [-0.15, -0.1) is 0 Å². The van der Waals surface area contributed by atoms with Crippen molar-refractivity contribution in [3.8, 4) is 0 Å². The molecule has 0 aliphatic heterocycles. The number of rotatable bonds is 4. The van der Waals surface area contributed by atoms with Gasteiger partial charge in [-0.25, -0.2) is 0 Å². The van der Waals surface area contributed by atoms with Crippen LogP contribution in [0.2, 0.25) is 0 Å². The van der Waals surface area contributed by atoms with Gasteiger partial charge in [-0.05, 0) is 75.9 Å². The molecule has 0 saturated carbocycles. The van der Waals surface area contributed by atoms with Crippen molar-refractivity contribution in [3.05, 3.63) is 81.2 Å². The molecule has 0 amide bonds. The molecule has 0 radical (unpaired) electrons. The van der Waals surface area contributed by atoms with Crippen LogP contribution in [0.25, 0.3) is 0 Å². The summed E-state index contributed by atoms with van der Waals surface area (Å²) in [6.45, 7) is 12.7. The summed E-state index contributed by atoms with van der Waals surface area (Å²) < 4.78 is 2.12. The molecule has 0 bridgehead atoms. The van der Waals surface area contributed by atoms with Crippen molar-refractivity contribution in [2.75, 3.05) is 0 Å². The van der Waals surface area contributed by atoms with Crippen LogP contribution >= 0.6 is 28.2 Å². The van der Waals surface area contributed by atoms with Crippen LogP contribution in [-0.4, -0.2) is 17.0 Å². The Bertz CT molecular complexity index is 983. The molecule has 0 atom stereocenters. The summed E-state index contributed by atoms with van der Waals surface area (Å²) in [6.07, 6.45) is 3.87. The molecule has 1 heterocycles. The Balaban J connectivity index is 0.00000107. The zero-order chi connectivity index (χ0) is 23.1. The Morgan fingerprint density at radius 3 is 1.26 bits per heavy atom. The summed E-state index contributed by atoms with van der Waals surface area (Å²) in [5.74, 6) is 0. The summed E-state index contributed by atoms with van der Waals surface area (Å²) in [7, 11) is 2.05. The van der Waals surface area contributed by atoms with Crippen molar-refractivity contribution in [1.82, 2.24) is 4.57 Å². The third-order valence-corrected chi connectivity index (χ3v) is 5.12. The fourth-order valence-corrected chi connectivity index (χ4v) is 3.82. The fourth-order valence-electron chi connectivity index (χ4n) is 3.82. The molecule has 3 rings (SSSR count). The number of aryl methyl sites for hydroxylation is 6. The van der Waals surface area contributed by atoms with Crippen molar-refractivity contribution in [1.29, 1.82) is 0 Å². The molecule has 166 valence electrons. The number of halogens is 2. The minimum absolute atomic E-state index is 0.875. The summed E-state index contributed by atoms with van der Waals surface area (Å²) in [5.41, 5.74) is 11.6. The van der Waals surface area contributed by atoms with E-state index in [0.717, 1.165) is 34.1 Å². The topological polar surface area (TPSA) is 29.6 Å². The summed E-state index contributed by atoms with van der Waals surface area (Å²) >= 11 is 7.00. The van der Waals surface area contributed by atoms with Gasteiger partial charge in [0.25, 0.3) is 0 Å². The maximum absolute atomic E-state index is 4.76. The van der Waals surface area contributed by atoms with Gasteiger partial charge in [0.1, 0.15) is 0 Å². The van der Waals surface area contributed by atoms with E-state index in [0.29, 0.717) is 0 Å². The van der Waals surface area contributed by atoms with Crippen LogP contribution in [-0.2, 0) is 18.4 Å².